The molecule has 1 saturated heterocycles. The molecule has 2 aliphatic rings. The van der Waals surface area contributed by atoms with Crippen molar-refractivity contribution in [2.45, 2.75) is 58.9 Å². The Balaban J connectivity index is 1.73. The monoisotopic (exact) mass is 272 g/mol. The molecule has 0 bridgehead atoms. The average molecular weight is 272 g/mol. The molecule has 0 spiro atoms. The minimum Gasteiger partial charge on any atom is -0.357 e. The SMILES string of the molecule is Cc1cc(C)c(N2CCN(C3CCCCC3)C2)c(C)c1. The van der Waals surface area contributed by atoms with E-state index in [9.17, 15) is 0 Å². The standard InChI is InChI=1S/C18H28N2/c1-14-11-15(2)18(16(3)12-14)20-10-9-19(13-20)17-7-5-4-6-8-17/h11-12,17H,4-10,13H2,1-3H3. The van der Waals surface area contributed by atoms with E-state index in [2.05, 4.69) is 42.7 Å². The maximum Gasteiger partial charge on any atom is 0.0710 e. The van der Waals surface area contributed by atoms with Gasteiger partial charge in [0.05, 0.1) is 6.67 Å². The van der Waals surface area contributed by atoms with Gasteiger partial charge < -0.3 is 4.90 Å². The zero-order valence-corrected chi connectivity index (χ0v) is 13.3. The van der Waals surface area contributed by atoms with E-state index in [1.54, 1.807) is 0 Å². The van der Waals surface area contributed by atoms with Gasteiger partial charge in [0.2, 0.25) is 0 Å². The van der Waals surface area contributed by atoms with Crippen molar-refractivity contribution in [3.8, 4) is 0 Å². The van der Waals surface area contributed by atoms with Gasteiger partial charge in [0, 0.05) is 24.8 Å². The topological polar surface area (TPSA) is 6.48 Å². The molecule has 0 atom stereocenters. The Morgan fingerprint density at radius 1 is 0.900 bits per heavy atom. The minimum absolute atomic E-state index is 0.847. The van der Waals surface area contributed by atoms with Crippen molar-refractivity contribution in [1.82, 2.24) is 4.90 Å². The molecule has 0 aromatic heterocycles. The van der Waals surface area contributed by atoms with Gasteiger partial charge in [0.1, 0.15) is 0 Å². The second-order valence-electron chi connectivity index (χ2n) is 6.76. The van der Waals surface area contributed by atoms with Gasteiger partial charge in [-0.1, -0.05) is 37.0 Å². The Morgan fingerprint density at radius 3 is 2.20 bits per heavy atom. The molecule has 0 unspecified atom stereocenters. The lowest BCUT2D eigenvalue weighted by Gasteiger charge is -2.31. The summed E-state index contributed by atoms with van der Waals surface area (Å²) in [6.45, 7) is 10.3. The van der Waals surface area contributed by atoms with E-state index in [1.807, 2.05) is 0 Å². The van der Waals surface area contributed by atoms with Gasteiger partial charge in [-0.25, -0.2) is 0 Å². The van der Waals surface area contributed by atoms with Crippen molar-refractivity contribution in [2.75, 3.05) is 24.7 Å². The second-order valence-corrected chi connectivity index (χ2v) is 6.76. The third kappa shape index (κ3) is 2.71. The molecule has 1 heterocycles. The lowest BCUT2D eigenvalue weighted by Crippen LogP contribution is -2.36. The van der Waals surface area contributed by atoms with Crippen LogP contribution in [0.3, 0.4) is 0 Å². The van der Waals surface area contributed by atoms with Gasteiger partial charge in [0.25, 0.3) is 0 Å². The Labute approximate surface area is 123 Å². The molecule has 20 heavy (non-hydrogen) atoms. The van der Waals surface area contributed by atoms with Crippen LogP contribution in [0.5, 0.6) is 0 Å². The first kappa shape index (κ1) is 13.9. The number of benzene rings is 1. The van der Waals surface area contributed by atoms with Crippen LogP contribution in [0, 0.1) is 20.8 Å². The third-order valence-corrected chi connectivity index (χ3v) is 5.05. The summed E-state index contributed by atoms with van der Waals surface area (Å²) in [5.41, 5.74) is 5.74. The van der Waals surface area contributed by atoms with Crippen LogP contribution in [0.2, 0.25) is 0 Å². The van der Waals surface area contributed by atoms with Gasteiger partial charge in [-0.15, -0.1) is 0 Å². The maximum absolute atomic E-state index is 2.72. The highest BCUT2D eigenvalue weighted by atomic mass is 15.4. The quantitative estimate of drug-likeness (QED) is 0.802. The van der Waals surface area contributed by atoms with Crippen LogP contribution in [0.15, 0.2) is 12.1 Å². The van der Waals surface area contributed by atoms with Crippen molar-refractivity contribution in [3.05, 3.63) is 28.8 Å². The molecule has 2 fully saturated rings. The zero-order valence-electron chi connectivity index (χ0n) is 13.3. The maximum atomic E-state index is 2.72. The Kier molecular flexibility index (Phi) is 4.02. The third-order valence-electron chi connectivity index (χ3n) is 5.05. The number of rotatable bonds is 2. The molecular weight excluding hydrogens is 244 g/mol. The summed E-state index contributed by atoms with van der Waals surface area (Å²) < 4.78 is 0. The van der Waals surface area contributed by atoms with E-state index in [0.717, 1.165) is 12.7 Å². The molecule has 1 aromatic rings. The van der Waals surface area contributed by atoms with E-state index in [-0.39, 0.29) is 0 Å². The van der Waals surface area contributed by atoms with Crippen LogP contribution in [0.25, 0.3) is 0 Å². The predicted octanol–water partition coefficient (Wildman–Crippen LogP) is 4.02. The van der Waals surface area contributed by atoms with Gasteiger partial charge in [-0.3, -0.25) is 4.90 Å². The molecular formula is C18H28N2. The Hall–Kier alpha value is -1.02. The molecule has 1 aliphatic carbocycles. The molecule has 1 aliphatic heterocycles. The highest BCUT2D eigenvalue weighted by Gasteiger charge is 2.28. The van der Waals surface area contributed by atoms with Crippen LogP contribution in [-0.2, 0) is 0 Å². The van der Waals surface area contributed by atoms with Crippen molar-refractivity contribution < 1.29 is 0 Å². The lowest BCUT2D eigenvalue weighted by molar-refractivity contribution is 0.193. The largest absolute Gasteiger partial charge is 0.357 e. The molecule has 110 valence electrons. The molecule has 2 nitrogen and oxygen atoms in total. The molecule has 3 rings (SSSR count). The average Bonchev–Trinajstić information content (AvgIpc) is 2.88. The molecule has 0 N–H and O–H groups in total. The normalized spacial score (nSPS) is 21.6. The lowest BCUT2D eigenvalue weighted by atomic mass is 9.94. The summed E-state index contributed by atoms with van der Waals surface area (Å²) in [5.74, 6) is 0. The molecule has 1 saturated carbocycles. The number of aryl methyl sites for hydroxylation is 3. The summed E-state index contributed by atoms with van der Waals surface area (Å²) in [6.07, 6.45) is 7.15. The van der Waals surface area contributed by atoms with Crippen LogP contribution in [-0.4, -0.2) is 30.7 Å². The van der Waals surface area contributed by atoms with Gasteiger partial charge in [-0.2, -0.15) is 0 Å². The second kappa shape index (κ2) is 5.77. The molecule has 0 radical (unpaired) electrons. The van der Waals surface area contributed by atoms with Gasteiger partial charge in [0.15, 0.2) is 0 Å². The van der Waals surface area contributed by atoms with Crippen LogP contribution in [0.1, 0.15) is 48.8 Å². The van der Waals surface area contributed by atoms with Crippen molar-refractivity contribution >= 4 is 5.69 Å². The Morgan fingerprint density at radius 2 is 1.55 bits per heavy atom. The highest BCUT2D eigenvalue weighted by Crippen LogP contribution is 2.31. The van der Waals surface area contributed by atoms with Crippen LogP contribution >= 0.6 is 0 Å². The van der Waals surface area contributed by atoms with Gasteiger partial charge in [-0.05, 0) is 44.7 Å². The van der Waals surface area contributed by atoms with Gasteiger partial charge >= 0.3 is 0 Å². The number of hydrogen-bond donors (Lipinski definition) is 0. The summed E-state index contributed by atoms with van der Waals surface area (Å²) in [7, 11) is 0. The number of nitrogens with zero attached hydrogens (tertiary/aromatic N) is 2. The molecule has 0 amide bonds. The summed E-state index contributed by atoms with van der Waals surface area (Å²) >= 11 is 0. The highest BCUT2D eigenvalue weighted by molar-refractivity contribution is 5.60. The fourth-order valence-electron chi connectivity index (χ4n) is 4.21. The van der Waals surface area contributed by atoms with Crippen LogP contribution in [0.4, 0.5) is 5.69 Å². The van der Waals surface area contributed by atoms with E-state index in [0.29, 0.717) is 0 Å². The van der Waals surface area contributed by atoms with Crippen molar-refractivity contribution in [2.24, 2.45) is 0 Å². The molecule has 1 aromatic carbocycles. The smallest absolute Gasteiger partial charge is 0.0710 e. The summed E-state index contributed by atoms with van der Waals surface area (Å²) in [5, 5.41) is 0. The first-order chi connectivity index (χ1) is 9.65. The van der Waals surface area contributed by atoms with Crippen molar-refractivity contribution in [1.29, 1.82) is 0 Å². The van der Waals surface area contributed by atoms with E-state index in [4.69, 9.17) is 0 Å². The van der Waals surface area contributed by atoms with Crippen molar-refractivity contribution in [3.63, 3.8) is 0 Å². The van der Waals surface area contributed by atoms with E-state index in [1.165, 1.54) is 67.6 Å². The van der Waals surface area contributed by atoms with E-state index >= 15 is 0 Å². The number of anilines is 1. The zero-order chi connectivity index (χ0) is 14.1. The fourth-order valence-corrected chi connectivity index (χ4v) is 4.21. The summed E-state index contributed by atoms with van der Waals surface area (Å²) in [4.78, 5) is 5.32. The predicted molar refractivity (Wildman–Crippen MR) is 86.4 cm³/mol. The first-order valence-electron chi connectivity index (χ1n) is 8.22. The Bertz CT molecular complexity index is 451. The number of hydrogen-bond acceptors (Lipinski definition) is 2. The summed E-state index contributed by atoms with van der Waals surface area (Å²) in [6, 6.07) is 5.50. The fraction of sp³-hybridized carbons (Fsp3) is 0.667. The van der Waals surface area contributed by atoms with Crippen LogP contribution < -0.4 is 4.90 Å². The van der Waals surface area contributed by atoms with E-state index < -0.39 is 0 Å². The molecule has 2 heteroatoms. The minimum atomic E-state index is 0.847. The first-order valence-corrected chi connectivity index (χ1v) is 8.22.